The number of hydrogen-bond donors (Lipinski definition) is 0. The van der Waals surface area contributed by atoms with Gasteiger partial charge < -0.3 is 14.9 Å². The summed E-state index contributed by atoms with van der Waals surface area (Å²) in [7, 11) is 0. The molecule has 20 heavy (non-hydrogen) atoms. The average Bonchev–Trinajstić information content (AvgIpc) is 2.37. The Bertz CT molecular complexity index is 584. The van der Waals surface area contributed by atoms with Crippen molar-refractivity contribution in [2.24, 2.45) is 0 Å². The second-order valence-corrected chi connectivity index (χ2v) is 3.55. The summed E-state index contributed by atoms with van der Waals surface area (Å²) in [6, 6.07) is 2.12. The van der Waals surface area contributed by atoms with Gasteiger partial charge in [0.1, 0.15) is 6.07 Å². The van der Waals surface area contributed by atoms with Crippen LogP contribution in [-0.4, -0.2) is 22.5 Å². The maximum Gasteiger partial charge on any atom is 0.365 e. The van der Waals surface area contributed by atoms with E-state index in [1.165, 1.54) is 13.0 Å². The quantitative estimate of drug-likeness (QED) is 0.464. The molecular weight excluding hydrogens is 276 g/mol. The number of aromatic nitrogens is 1. The van der Waals surface area contributed by atoms with Crippen molar-refractivity contribution in [3.05, 3.63) is 33.0 Å². The van der Waals surface area contributed by atoms with E-state index in [9.17, 15) is 23.7 Å². The molecule has 0 saturated carbocycles. The highest BCUT2D eigenvalue weighted by molar-refractivity contribution is 5.73. The third-order valence-electron chi connectivity index (χ3n) is 2.28. The first-order chi connectivity index (χ1) is 9.40. The van der Waals surface area contributed by atoms with E-state index < -0.39 is 40.8 Å². The molecule has 7 nitrogen and oxygen atoms in total. The minimum atomic E-state index is -3.08. The molecule has 0 unspecified atom stereocenters. The summed E-state index contributed by atoms with van der Waals surface area (Å²) < 4.78 is 30.5. The van der Waals surface area contributed by atoms with E-state index in [-0.39, 0.29) is 12.2 Å². The summed E-state index contributed by atoms with van der Waals surface area (Å²) in [5.41, 5.74) is -1.89. The first kappa shape index (κ1) is 15.4. The topological polar surface area (TPSA) is 106 Å². The summed E-state index contributed by atoms with van der Waals surface area (Å²) >= 11 is 0. The van der Waals surface area contributed by atoms with Crippen molar-refractivity contribution < 1.29 is 23.2 Å². The van der Waals surface area contributed by atoms with Gasteiger partial charge in [-0.1, -0.05) is 0 Å². The number of hydrogen-bond acceptors (Lipinski definition) is 6. The van der Waals surface area contributed by atoms with Crippen molar-refractivity contribution in [3.8, 4) is 6.07 Å². The molecule has 0 radical (unpaired) electrons. The molecule has 1 aromatic rings. The Morgan fingerprint density at radius 2 is 2.30 bits per heavy atom. The van der Waals surface area contributed by atoms with Crippen LogP contribution in [0, 0.1) is 21.4 Å². The zero-order chi connectivity index (χ0) is 15.3. The summed E-state index contributed by atoms with van der Waals surface area (Å²) in [5, 5.41) is 19.4. The largest absolute Gasteiger partial charge is 0.466 e. The van der Waals surface area contributed by atoms with Gasteiger partial charge in [-0.15, -0.1) is 0 Å². The zero-order valence-corrected chi connectivity index (χ0v) is 10.3. The molecule has 0 aliphatic heterocycles. The Balaban J connectivity index is 3.37. The highest BCUT2D eigenvalue weighted by atomic mass is 19.3. The standard InChI is InChI=1S/C11H9F2N3O4/c1-2-20-9(17)4-6-3-8(16(18)19)15-7(5-14)10(6)11(12)13/h3,11H,2,4H2,1H3. The van der Waals surface area contributed by atoms with Crippen molar-refractivity contribution in [3.63, 3.8) is 0 Å². The SMILES string of the molecule is CCOC(=O)Cc1cc([N+](=O)[O-])nc(C#N)c1C(F)F. The summed E-state index contributed by atoms with van der Waals surface area (Å²) in [6.45, 7) is 1.57. The molecule has 1 aromatic heterocycles. The van der Waals surface area contributed by atoms with E-state index in [0.717, 1.165) is 6.07 Å². The third kappa shape index (κ3) is 3.44. The molecule has 9 heteroatoms. The number of nitrogens with zero attached hydrogens (tertiary/aromatic N) is 3. The lowest BCUT2D eigenvalue weighted by atomic mass is 10.0. The molecule has 0 saturated heterocycles. The Labute approximate surface area is 111 Å². The van der Waals surface area contributed by atoms with Crippen molar-refractivity contribution in [1.29, 1.82) is 5.26 Å². The van der Waals surface area contributed by atoms with Crippen LogP contribution in [0.25, 0.3) is 0 Å². The van der Waals surface area contributed by atoms with Gasteiger partial charge in [-0.3, -0.25) is 4.79 Å². The van der Waals surface area contributed by atoms with E-state index in [1.807, 2.05) is 0 Å². The second kappa shape index (κ2) is 6.51. The van der Waals surface area contributed by atoms with Gasteiger partial charge in [0.25, 0.3) is 12.1 Å². The van der Waals surface area contributed by atoms with Crippen molar-refractivity contribution in [1.82, 2.24) is 4.98 Å². The number of rotatable bonds is 5. The molecule has 0 atom stereocenters. The van der Waals surface area contributed by atoms with Gasteiger partial charge in [-0.25, -0.2) is 8.78 Å². The molecule has 0 fully saturated rings. The van der Waals surface area contributed by atoms with Gasteiger partial charge in [0.15, 0.2) is 0 Å². The molecule has 0 amide bonds. The maximum atomic E-state index is 12.9. The molecule has 1 heterocycles. The lowest BCUT2D eigenvalue weighted by molar-refractivity contribution is -0.389. The van der Waals surface area contributed by atoms with Crippen molar-refractivity contribution >= 4 is 11.8 Å². The monoisotopic (exact) mass is 285 g/mol. The fourth-order valence-electron chi connectivity index (χ4n) is 1.53. The van der Waals surface area contributed by atoms with Crippen LogP contribution in [-0.2, 0) is 16.0 Å². The highest BCUT2D eigenvalue weighted by Gasteiger charge is 2.27. The number of pyridine rings is 1. The van der Waals surface area contributed by atoms with Crippen LogP contribution >= 0.6 is 0 Å². The fourth-order valence-corrected chi connectivity index (χ4v) is 1.53. The van der Waals surface area contributed by atoms with Gasteiger partial charge in [-0.2, -0.15) is 5.26 Å². The van der Waals surface area contributed by atoms with Crippen LogP contribution in [0.1, 0.15) is 30.2 Å². The van der Waals surface area contributed by atoms with Gasteiger partial charge in [-0.05, 0) is 22.4 Å². The summed E-state index contributed by atoms with van der Waals surface area (Å²) in [6.07, 6.45) is -3.67. The van der Waals surface area contributed by atoms with Crippen LogP contribution in [0.5, 0.6) is 0 Å². The molecule has 0 aliphatic carbocycles. The Hall–Kier alpha value is -2.63. The maximum absolute atomic E-state index is 12.9. The minimum Gasteiger partial charge on any atom is -0.466 e. The lowest BCUT2D eigenvalue weighted by Crippen LogP contribution is -2.12. The van der Waals surface area contributed by atoms with Gasteiger partial charge in [0, 0.05) is 6.07 Å². The molecule has 1 rings (SSSR count). The first-order valence-corrected chi connectivity index (χ1v) is 5.42. The minimum absolute atomic E-state index is 0.0428. The predicted molar refractivity (Wildman–Crippen MR) is 60.9 cm³/mol. The van der Waals surface area contributed by atoms with Crippen LogP contribution in [0.3, 0.4) is 0 Å². The van der Waals surface area contributed by atoms with Crippen LogP contribution in [0.2, 0.25) is 0 Å². The number of nitriles is 1. The van der Waals surface area contributed by atoms with Crippen molar-refractivity contribution in [2.45, 2.75) is 19.8 Å². The third-order valence-corrected chi connectivity index (χ3v) is 2.28. The fraction of sp³-hybridized carbons (Fsp3) is 0.364. The van der Waals surface area contributed by atoms with Crippen LogP contribution < -0.4 is 0 Å². The number of carbonyl (C=O) groups is 1. The van der Waals surface area contributed by atoms with Crippen LogP contribution in [0.4, 0.5) is 14.6 Å². The van der Waals surface area contributed by atoms with Crippen molar-refractivity contribution in [2.75, 3.05) is 6.61 Å². The van der Waals surface area contributed by atoms with E-state index in [0.29, 0.717) is 0 Å². The Morgan fingerprint density at radius 1 is 1.65 bits per heavy atom. The van der Waals surface area contributed by atoms with E-state index in [4.69, 9.17) is 5.26 Å². The van der Waals surface area contributed by atoms with Gasteiger partial charge >= 0.3 is 11.8 Å². The number of nitro groups is 1. The molecule has 0 aromatic carbocycles. The Morgan fingerprint density at radius 3 is 2.75 bits per heavy atom. The number of esters is 1. The van der Waals surface area contributed by atoms with Gasteiger partial charge in [0.05, 0.1) is 18.6 Å². The molecule has 0 N–H and O–H groups in total. The van der Waals surface area contributed by atoms with Crippen LogP contribution in [0.15, 0.2) is 6.07 Å². The summed E-state index contributed by atoms with van der Waals surface area (Å²) in [5.74, 6) is -1.59. The molecule has 106 valence electrons. The number of carbonyl (C=O) groups excluding carboxylic acids is 1. The normalized spacial score (nSPS) is 10.2. The molecule has 0 bridgehead atoms. The smallest absolute Gasteiger partial charge is 0.365 e. The highest BCUT2D eigenvalue weighted by Crippen LogP contribution is 2.28. The zero-order valence-electron chi connectivity index (χ0n) is 10.3. The second-order valence-electron chi connectivity index (χ2n) is 3.55. The predicted octanol–water partition coefficient (Wildman–Crippen LogP) is 1.90. The molecule has 0 spiro atoms. The summed E-state index contributed by atoms with van der Waals surface area (Å²) in [4.78, 5) is 24.3. The first-order valence-electron chi connectivity index (χ1n) is 5.42. The number of ether oxygens (including phenoxy) is 1. The average molecular weight is 285 g/mol. The molecular formula is C11H9F2N3O4. The van der Waals surface area contributed by atoms with E-state index >= 15 is 0 Å². The molecule has 0 aliphatic rings. The van der Waals surface area contributed by atoms with E-state index in [1.54, 1.807) is 0 Å². The number of alkyl halides is 2. The lowest BCUT2D eigenvalue weighted by Gasteiger charge is -2.08. The van der Waals surface area contributed by atoms with Gasteiger partial charge in [0.2, 0.25) is 0 Å². The van der Waals surface area contributed by atoms with E-state index in [2.05, 4.69) is 9.72 Å². The number of halogens is 2. The Kier molecular flexibility index (Phi) is 5.02.